The molecule has 0 aliphatic carbocycles. The summed E-state index contributed by atoms with van der Waals surface area (Å²) in [6.45, 7) is 8.21. The molecule has 0 saturated carbocycles. The lowest BCUT2D eigenvalue weighted by Gasteiger charge is -2.34. The highest BCUT2D eigenvalue weighted by Gasteiger charge is 2.22. The highest BCUT2D eigenvalue weighted by atomic mass is 16.5. The lowest BCUT2D eigenvalue weighted by molar-refractivity contribution is 0.0180. The summed E-state index contributed by atoms with van der Waals surface area (Å²) in [4.78, 5) is 6.94. The molecule has 1 saturated heterocycles. The number of morpholine rings is 1. The van der Waals surface area contributed by atoms with Gasteiger partial charge < -0.3 is 15.8 Å². The van der Waals surface area contributed by atoms with E-state index in [2.05, 4.69) is 53.3 Å². The summed E-state index contributed by atoms with van der Waals surface area (Å²) in [6.07, 6.45) is 0. The van der Waals surface area contributed by atoms with E-state index in [9.17, 15) is 0 Å². The molecule has 3 N–H and O–H groups in total. The number of hydrogen-bond acceptors (Lipinski definition) is 3. The molecule has 21 heavy (non-hydrogen) atoms. The maximum atomic E-state index is 5.93. The first-order valence-corrected chi connectivity index (χ1v) is 7.60. The van der Waals surface area contributed by atoms with Crippen LogP contribution in [-0.2, 0) is 4.74 Å². The third-order valence-corrected chi connectivity index (χ3v) is 3.54. The molecule has 5 nitrogen and oxygen atoms in total. The van der Waals surface area contributed by atoms with Gasteiger partial charge in [0.05, 0.1) is 25.8 Å². The highest BCUT2D eigenvalue weighted by molar-refractivity contribution is 5.78. The molecular weight excluding hydrogens is 264 g/mol. The van der Waals surface area contributed by atoms with Gasteiger partial charge in [-0.05, 0) is 19.4 Å². The van der Waals surface area contributed by atoms with Crippen LogP contribution in [0.2, 0.25) is 0 Å². The second kappa shape index (κ2) is 8.00. The van der Waals surface area contributed by atoms with Crippen LogP contribution in [0, 0.1) is 0 Å². The number of aliphatic imine (C=N–C) groups is 1. The molecule has 1 fully saturated rings. The number of nitrogens with two attached hydrogens (primary N) is 1. The molecule has 5 heteroatoms. The second-order valence-corrected chi connectivity index (χ2v) is 5.60. The van der Waals surface area contributed by atoms with Gasteiger partial charge in [0.25, 0.3) is 0 Å². The third-order valence-electron chi connectivity index (χ3n) is 3.54. The number of ether oxygens (including phenoxy) is 1. The van der Waals surface area contributed by atoms with Crippen molar-refractivity contribution in [3.63, 3.8) is 0 Å². The summed E-state index contributed by atoms with van der Waals surface area (Å²) in [5, 5.41) is 3.14. The van der Waals surface area contributed by atoms with E-state index in [-0.39, 0.29) is 6.04 Å². The van der Waals surface area contributed by atoms with Crippen molar-refractivity contribution in [2.45, 2.75) is 25.9 Å². The third kappa shape index (κ3) is 5.02. The van der Waals surface area contributed by atoms with Crippen LogP contribution in [0.1, 0.15) is 25.5 Å². The first-order chi connectivity index (χ1) is 10.2. The largest absolute Gasteiger partial charge is 0.379 e. The molecule has 0 spiro atoms. The number of guanidine groups is 1. The van der Waals surface area contributed by atoms with Gasteiger partial charge in [-0.2, -0.15) is 0 Å². The van der Waals surface area contributed by atoms with E-state index >= 15 is 0 Å². The van der Waals surface area contributed by atoms with Crippen LogP contribution in [-0.4, -0.2) is 49.7 Å². The fourth-order valence-electron chi connectivity index (χ4n) is 2.52. The molecule has 2 rings (SSSR count). The Morgan fingerprint density at radius 1 is 1.29 bits per heavy atom. The maximum Gasteiger partial charge on any atom is 0.188 e. The molecule has 1 aromatic carbocycles. The van der Waals surface area contributed by atoms with E-state index in [1.54, 1.807) is 0 Å². The van der Waals surface area contributed by atoms with Crippen molar-refractivity contribution in [2.75, 3.05) is 32.8 Å². The maximum absolute atomic E-state index is 5.93. The summed E-state index contributed by atoms with van der Waals surface area (Å²) in [5.74, 6) is 0.513. The van der Waals surface area contributed by atoms with Gasteiger partial charge in [0.1, 0.15) is 0 Å². The van der Waals surface area contributed by atoms with Crippen molar-refractivity contribution in [3.05, 3.63) is 35.9 Å². The Kier molecular flexibility index (Phi) is 6.02. The molecule has 1 aromatic rings. The van der Waals surface area contributed by atoms with Gasteiger partial charge in [-0.1, -0.05) is 30.3 Å². The molecule has 0 radical (unpaired) electrons. The van der Waals surface area contributed by atoms with Crippen LogP contribution >= 0.6 is 0 Å². The Labute approximate surface area is 127 Å². The lowest BCUT2D eigenvalue weighted by atomic mass is 10.1. The van der Waals surface area contributed by atoms with Crippen LogP contribution in [0.4, 0.5) is 0 Å². The van der Waals surface area contributed by atoms with Gasteiger partial charge in [0.15, 0.2) is 5.96 Å². The summed E-state index contributed by atoms with van der Waals surface area (Å²) in [7, 11) is 0. The Hall–Kier alpha value is -1.59. The predicted molar refractivity (Wildman–Crippen MR) is 86.3 cm³/mol. The zero-order chi connectivity index (χ0) is 15.1. The summed E-state index contributed by atoms with van der Waals surface area (Å²) >= 11 is 0. The minimum atomic E-state index is 0.252. The zero-order valence-corrected chi connectivity index (χ0v) is 13.0. The van der Waals surface area contributed by atoms with Gasteiger partial charge in [-0.15, -0.1) is 0 Å². The van der Waals surface area contributed by atoms with Crippen molar-refractivity contribution in [1.82, 2.24) is 10.2 Å². The minimum absolute atomic E-state index is 0.252. The normalized spacial score (nSPS) is 18.7. The Morgan fingerprint density at radius 2 is 1.95 bits per heavy atom. The van der Waals surface area contributed by atoms with E-state index in [0.29, 0.717) is 18.5 Å². The minimum Gasteiger partial charge on any atom is -0.379 e. The van der Waals surface area contributed by atoms with Crippen LogP contribution in [0.15, 0.2) is 35.3 Å². The molecule has 1 heterocycles. The van der Waals surface area contributed by atoms with Gasteiger partial charge >= 0.3 is 0 Å². The van der Waals surface area contributed by atoms with Crippen molar-refractivity contribution >= 4 is 5.96 Å². The molecular formula is C16H26N4O. The zero-order valence-electron chi connectivity index (χ0n) is 13.0. The fourth-order valence-corrected chi connectivity index (χ4v) is 2.52. The first-order valence-electron chi connectivity index (χ1n) is 7.60. The van der Waals surface area contributed by atoms with E-state index in [4.69, 9.17) is 10.5 Å². The number of hydrogen-bond donors (Lipinski definition) is 2. The van der Waals surface area contributed by atoms with E-state index in [1.165, 1.54) is 5.56 Å². The molecule has 1 aliphatic rings. The average Bonchev–Trinajstić information content (AvgIpc) is 2.49. The lowest BCUT2D eigenvalue weighted by Crippen LogP contribution is -2.41. The van der Waals surface area contributed by atoms with Gasteiger partial charge in [-0.25, -0.2) is 0 Å². The second-order valence-electron chi connectivity index (χ2n) is 5.60. The standard InChI is InChI=1S/C16H26N4O/c1-13(2)19-16(17)18-12-15(14-6-4-3-5-7-14)20-8-10-21-11-9-20/h3-7,13,15H,8-12H2,1-2H3,(H3,17,18,19). The Bertz CT molecular complexity index is 441. The highest BCUT2D eigenvalue weighted by Crippen LogP contribution is 2.22. The van der Waals surface area contributed by atoms with Crippen molar-refractivity contribution in [1.29, 1.82) is 0 Å². The topological polar surface area (TPSA) is 62.9 Å². The molecule has 116 valence electrons. The summed E-state index contributed by atoms with van der Waals surface area (Å²) in [6, 6.07) is 11.0. The first kappa shape index (κ1) is 15.8. The molecule has 1 unspecified atom stereocenters. The van der Waals surface area contributed by atoms with Gasteiger partial charge in [0, 0.05) is 19.1 Å². The molecule has 1 aliphatic heterocycles. The van der Waals surface area contributed by atoms with Crippen LogP contribution in [0.25, 0.3) is 0 Å². The average molecular weight is 290 g/mol. The van der Waals surface area contributed by atoms with Gasteiger partial charge in [-0.3, -0.25) is 9.89 Å². The molecule has 1 atom stereocenters. The number of rotatable bonds is 5. The SMILES string of the molecule is CC(C)NC(N)=NCC(c1ccccc1)N1CCOCC1. The number of nitrogens with zero attached hydrogens (tertiary/aromatic N) is 2. The monoisotopic (exact) mass is 290 g/mol. The number of nitrogens with one attached hydrogen (secondary N) is 1. The molecule has 0 amide bonds. The van der Waals surface area contributed by atoms with Crippen molar-refractivity contribution in [3.8, 4) is 0 Å². The Balaban J connectivity index is 2.08. The van der Waals surface area contributed by atoms with Crippen molar-refractivity contribution in [2.24, 2.45) is 10.7 Å². The number of benzene rings is 1. The van der Waals surface area contributed by atoms with Crippen molar-refractivity contribution < 1.29 is 4.74 Å². The quantitative estimate of drug-likeness (QED) is 0.635. The molecule has 0 bridgehead atoms. The van der Waals surface area contributed by atoms with Crippen LogP contribution in [0.3, 0.4) is 0 Å². The van der Waals surface area contributed by atoms with Gasteiger partial charge in [0.2, 0.25) is 0 Å². The van der Waals surface area contributed by atoms with Crippen LogP contribution in [0.5, 0.6) is 0 Å². The summed E-state index contributed by atoms with van der Waals surface area (Å²) in [5.41, 5.74) is 7.20. The Morgan fingerprint density at radius 3 is 2.57 bits per heavy atom. The predicted octanol–water partition coefficient (Wildman–Crippen LogP) is 1.37. The van der Waals surface area contributed by atoms with E-state index < -0.39 is 0 Å². The van der Waals surface area contributed by atoms with E-state index in [1.807, 2.05) is 6.07 Å². The van der Waals surface area contributed by atoms with E-state index in [0.717, 1.165) is 26.3 Å². The van der Waals surface area contributed by atoms with Crippen LogP contribution < -0.4 is 11.1 Å². The molecule has 0 aromatic heterocycles. The summed E-state index contributed by atoms with van der Waals surface area (Å²) < 4.78 is 5.45. The fraction of sp³-hybridized carbons (Fsp3) is 0.562. The smallest absolute Gasteiger partial charge is 0.188 e.